The van der Waals surface area contributed by atoms with Crippen LogP contribution >= 0.6 is 0 Å². The second-order valence-electron chi connectivity index (χ2n) is 6.35. The second kappa shape index (κ2) is 9.24. The zero-order chi connectivity index (χ0) is 19.1. The maximum Gasteiger partial charge on any atom is 0.353 e. The number of anilines is 3. The molecule has 2 aromatic rings. The highest BCUT2D eigenvalue weighted by molar-refractivity contribution is 5.74. The van der Waals surface area contributed by atoms with Crippen LogP contribution in [-0.4, -0.2) is 59.2 Å². The van der Waals surface area contributed by atoms with Crippen LogP contribution in [-0.2, 0) is 4.74 Å². The van der Waals surface area contributed by atoms with Crippen LogP contribution in [0.5, 0.6) is 0 Å². The van der Waals surface area contributed by atoms with E-state index in [1.165, 1.54) is 6.33 Å². The summed E-state index contributed by atoms with van der Waals surface area (Å²) in [6.07, 6.45) is 2.19. The molecular weight excluding hydrogens is 348 g/mol. The van der Waals surface area contributed by atoms with Gasteiger partial charge < -0.3 is 15.4 Å². The first kappa shape index (κ1) is 19.0. The van der Waals surface area contributed by atoms with E-state index in [0.717, 1.165) is 50.5 Å². The van der Waals surface area contributed by atoms with Crippen molar-refractivity contribution >= 4 is 23.0 Å². The topological polar surface area (TPSA) is 105 Å². The summed E-state index contributed by atoms with van der Waals surface area (Å²) < 4.78 is 5.33. The van der Waals surface area contributed by atoms with Crippen molar-refractivity contribution in [2.45, 2.75) is 13.3 Å². The molecule has 0 saturated carbocycles. The molecular formula is C18H24N6O3. The normalized spacial score (nSPS) is 14.7. The van der Waals surface area contributed by atoms with Crippen molar-refractivity contribution < 1.29 is 9.66 Å². The van der Waals surface area contributed by atoms with Gasteiger partial charge in [0.25, 0.3) is 0 Å². The number of nitrogens with one attached hydrogen (secondary N) is 2. The van der Waals surface area contributed by atoms with E-state index in [-0.39, 0.29) is 17.3 Å². The quantitative estimate of drug-likeness (QED) is 0.414. The standard InChI is InChI=1S/C18H24N6O3/c1-14-5-2-3-6-15(14)22-18-16(24(25)26)17(20-13-21-18)19-7-4-8-23-9-11-27-12-10-23/h2-3,5-6,13H,4,7-12H2,1H3,(H2,19,20,21,22). The van der Waals surface area contributed by atoms with Crippen LogP contribution in [0.25, 0.3) is 0 Å². The van der Waals surface area contributed by atoms with Gasteiger partial charge in [0.05, 0.1) is 18.1 Å². The van der Waals surface area contributed by atoms with Gasteiger partial charge in [0.15, 0.2) is 0 Å². The summed E-state index contributed by atoms with van der Waals surface area (Å²) in [5, 5.41) is 17.8. The summed E-state index contributed by atoms with van der Waals surface area (Å²) >= 11 is 0. The van der Waals surface area contributed by atoms with Gasteiger partial charge in [0.2, 0.25) is 11.6 Å². The molecule has 144 valence electrons. The molecule has 2 N–H and O–H groups in total. The SMILES string of the molecule is Cc1ccccc1Nc1ncnc(NCCCN2CCOCC2)c1[N+](=O)[O-]. The van der Waals surface area contributed by atoms with E-state index in [1.807, 2.05) is 31.2 Å². The van der Waals surface area contributed by atoms with Gasteiger partial charge in [-0.2, -0.15) is 0 Å². The number of morpholine rings is 1. The van der Waals surface area contributed by atoms with Crippen molar-refractivity contribution in [2.75, 3.05) is 50.0 Å². The number of ether oxygens (including phenoxy) is 1. The maximum absolute atomic E-state index is 11.6. The highest BCUT2D eigenvalue weighted by Crippen LogP contribution is 2.31. The zero-order valence-electron chi connectivity index (χ0n) is 15.4. The highest BCUT2D eigenvalue weighted by Gasteiger charge is 2.23. The van der Waals surface area contributed by atoms with Crippen molar-refractivity contribution in [1.29, 1.82) is 0 Å². The summed E-state index contributed by atoms with van der Waals surface area (Å²) in [5.74, 6) is 0.410. The fraction of sp³-hybridized carbons (Fsp3) is 0.444. The number of hydrogen-bond acceptors (Lipinski definition) is 8. The molecule has 1 aromatic heterocycles. The molecule has 1 aromatic carbocycles. The van der Waals surface area contributed by atoms with Crippen molar-refractivity contribution in [1.82, 2.24) is 14.9 Å². The average Bonchev–Trinajstić information content (AvgIpc) is 2.68. The molecule has 0 unspecified atom stereocenters. The minimum Gasteiger partial charge on any atom is -0.379 e. The van der Waals surface area contributed by atoms with Crippen molar-refractivity contribution in [3.63, 3.8) is 0 Å². The van der Waals surface area contributed by atoms with Crippen LogP contribution in [0.15, 0.2) is 30.6 Å². The van der Waals surface area contributed by atoms with Crippen molar-refractivity contribution in [2.24, 2.45) is 0 Å². The Bertz CT molecular complexity index is 779. The van der Waals surface area contributed by atoms with E-state index in [1.54, 1.807) is 0 Å². The Labute approximate surface area is 157 Å². The Morgan fingerprint density at radius 1 is 1.22 bits per heavy atom. The third-order valence-corrected chi connectivity index (χ3v) is 4.45. The molecule has 2 heterocycles. The zero-order valence-corrected chi connectivity index (χ0v) is 15.4. The number of rotatable bonds is 8. The lowest BCUT2D eigenvalue weighted by Gasteiger charge is -2.26. The number of nitro groups is 1. The van der Waals surface area contributed by atoms with Crippen LogP contribution in [0, 0.1) is 17.0 Å². The molecule has 0 bridgehead atoms. The summed E-state index contributed by atoms with van der Waals surface area (Å²) in [4.78, 5) is 21.6. The molecule has 1 fully saturated rings. The molecule has 9 heteroatoms. The lowest BCUT2D eigenvalue weighted by Crippen LogP contribution is -2.37. The molecule has 3 rings (SSSR count). The number of para-hydroxylation sites is 1. The molecule has 1 aliphatic heterocycles. The van der Waals surface area contributed by atoms with E-state index in [9.17, 15) is 10.1 Å². The Morgan fingerprint density at radius 3 is 2.70 bits per heavy atom. The largest absolute Gasteiger partial charge is 0.379 e. The van der Waals surface area contributed by atoms with Gasteiger partial charge in [0.1, 0.15) is 6.33 Å². The number of aryl methyl sites for hydroxylation is 1. The maximum atomic E-state index is 11.6. The minimum absolute atomic E-state index is 0.146. The van der Waals surface area contributed by atoms with Gasteiger partial charge in [-0.15, -0.1) is 0 Å². The number of benzene rings is 1. The van der Waals surface area contributed by atoms with E-state index >= 15 is 0 Å². The summed E-state index contributed by atoms with van der Waals surface area (Å²) in [6.45, 7) is 6.83. The fourth-order valence-corrected chi connectivity index (χ4v) is 2.95. The van der Waals surface area contributed by atoms with E-state index in [4.69, 9.17) is 4.74 Å². The number of aromatic nitrogens is 2. The molecule has 1 saturated heterocycles. The third kappa shape index (κ3) is 5.11. The molecule has 0 atom stereocenters. The van der Waals surface area contributed by atoms with Gasteiger partial charge in [0, 0.05) is 25.3 Å². The summed E-state index contributed by atoms with van der Waals surface area (Å²) in [7, 11) is 0. The van der Waals surface area contributed by atoms with E-state index < -0.39 is 4.92 Å². The Morgan fingerprint density at radius 2 is 1.96 bits per heavy atom. The molecule has 1 aliphatic rings. The average molecular weight is 372 g/mol. The van der Waals surface area contributed by atoms with Crippen molar-refractivity contribution in [3.8, 4) is 0 Å². The number of hydrogen-bond donors (Lipinski definition) is 2. The van der Waals surface area contributed by atoms with Gasteiger partial charge in [-0.05, 0) is 31.5 Å². The van der Waals surface area contributed by atoms with Crippen LogP contribution < -0.4 is 10.6 Å². The molecule has 0 spiro atoms. The van der Waals surface area contributed by atoms with E-state index in [2.05, 4.69) is 25.5 Å². The van der Waals surface area contributed by atoms with Crippen LogP contribution in [0.4, 0.5) is 23.0 Å². The third-order valence-electron chi connectivity index (χ3n) is 4.45. The molecule has 0 radical (unpaired) electrons. The van der Waals surface area contributed by atoms with E-state index in [0.29, 0.717) is 6.54 Å². The molecule has 27 heavy (non-hydrogen) atoms. The van der Waals surface area contributed by atoms with Crippen LogP contribution in [0.3, 0.4) is 0 Å². The van der Waals surface area contributed by atoms with Crippen molar-refractivity contribution in [3.05, 3.63) is 46.3 Å². The molecule has 9 nitrogen and oxygen atoms in total. The first-order valence-corrected chi connectivity index (χ1v) is 9.01. The Balaban J connectivity index is 1.66. The van der Waals surface area contributed by atoms with Gasteiger partial charge >= 0.3 is 5.69 Å². The second-order valence-corrected chi connectivity index (χ2v) is 6.35. The fourth-order valence-electron chi connectivity index (χ4n) is 2.95. The predicted octanol–water partition coefficient (Wildman–Crippen LogP) is 2.57. The monoisotopic (exact) mass is 372 g/mol. The van der Waals surface area contributed by atoms with Crippen LogP contribution in [0.1, 0.15) is 12.0 Å². The molecule has 0 aliphatic carbocycles. The first-order valence-electron chi connectivity index (χ1n) is 9.01. The smallest absolute Gasteiger partial charge is 0.353 e. The first-order chi connectivity index (χ1) is 13.1. The van der Waals surface area contributed by atoms with Crippen LogP contribution in [0.2, 0.25) is 0 Å². The predicted molar refractivity (Wildman–Crippen MR) is 104 cm³/mol. The Kier molecular flexibility index (Phi) is 6.50. The highest BCUT2D eigenvalue weighted by atomic mass is 16.6. The number of nitrogens with zero attached hydrogens (tertiary/aromatic N) is 4. The lowest BCUT2D eigenvalue weighted by molar-refractivity contribution is -0.383. The van der Waals surface area contributed by atoms with Gasteiger partial charge in [-0.3, -0.25) is 15.0 Å². The van der Waals surface area contributed by atoms with Gasteiger partial charge in [-0.25, -0.2) is 9.97 Å². The lowest BCUT2D eigenvalue weighted by atomic mass is 10.2. The summed E-state index contributed by atoms with van der Waals surface area (Å²) in [5.41, 5.74) is 1.61. The molecule has 0 amide bonds. The minimum atomic E-state index is -0.453. The van der Waals surface area contributed by atoms with Gasteiger partial charge in [-0.1, -0.05) is 18.2 Å². The summed E-state index contributed by atoms with van der Waals surface area (Å²) in [6, 6.07) is 7.57. The Hall–Kier alpha value is -2.78.